The van der Waals surface area contributed by atoms with Crippen LogP contribution in [0.1, 0.15) is 120 Å². The van der Waals surface area contributed by atoms with Gasteiger partial charge >= 0.3 is 0 Å². The molecular formula is C24H41Cl. The zero-order chi connectivity index (χ0) is 18.2. The number of benzene rings is 1. The third kappa shape index (κ3) is 11.7. The second kappa shape index (κ2) is 15.7. The molecule has 0 aliphatic rings. The lowest BCUT2D eigenvalue weighted by Crippen LogP contribution is -1.94. The highest BCUT2D eigenvalue weighted by molar-refractivity contribution is 6.20. The van der Waals surface area contributed by atoms with E-state index >= 15 is 0 Å². The average molecular weight is 365 g/mol. The van der Waals surface area contributed by atoms with E-state index in [9.17, 15) is 0 Å². The van der Waals surface area contributed by atoms with Gasteiger partial charge in [0.25, 0.3) is 0 Å². The van der Waals surface area contributed by atoms with Crippen LogP contribution in [-0.2, 0) is 0 Å². The second-order valence-electron chi connectivity index (χ2n) is 7.71. The average Bonchev–Trinajstić information content (AvgIpc) is 2.62. The zero-order valence-electron chi connectivity index (χ0n) is 16.9. The van der Waals surface area contributed by atoms with E-state index in [1.807, 2.05) is 0 Å². The molecular weight excluding hydrogens is 324 g/mol. The van der Waals surface area contributed by atoms with Crippen molar-refractivity contribution in [2.45, 2.75) is 116 Å². The normalized spacial score (nSPS) is 12.4. The van der Waals surface area contributed by atoms with E-state index in [4.69, 9.17) is 11.6 Å². The predicted molar refractivity (Wildman–Crippen MR) is 115 cm³/mol. The highest BCUT2D eigenvalue weighted by Crippen LogP contribution is 2.29. The molecule has 0 bridgehead atoms. The fraction of sp³-hybridized carbons (Fsp3) is 0.750. The lowest BCUT2D eigenvalue weighted by molar-refractivity contribution is 0.531. The van der Waals surface area contributed by atoms with Crippen molar-refractivity contribution in [2.24, 2.45) is 0 Å². The molecule has 1 unspecified atom stereocenters. The summed E-state index contributed by atoms with van der Waals surface area (Å²) < 4.78 is 0. The maximum atomic E-state index is 6.56. The van der Waals surface area contributed by atoms with Crippen molar-refractivity contribution < 1.29 is 0 Å². The minimum Gasteiger partial charge on any atom is -0.118 e. The summed E-state index contributed by atoms with van der Waals surface area (Å²) in [6.07, 6.45) is 20.9. The third-order valence-corrected chi connectivity index (χ3v) is 5.79. The highest BCUT2D eigenvalue weighted by Gasteiger charge is 2.09. The van der Waals surface area contributed by atoms with Gasteiger partial charge in [0.15, 0.2) is 0 Å². The maximum absolute atomic E-state index is 6.56. The van der Waals surface area contributed by atoms with Crippen molar-refractivity contribution in [1.82, 2.24) is 0 Å². The molecule has 0 spiro atoms. The van der Waals surface area contributed by atoms with Gasteiger partial charge in [-0.1, -0.05) is 121 Å². The first-order valence-corrected chi connectivity index (χ1v) is 11.4. The van der Waals surface area contributed by atoms with Gasteiger partial charge in [0, 0.05) is 0 Å². The van der Waals surface area contributed by atoms with E-state index < -0.39 is 0 Å². The summed E-state index contributed by atoms with van der Waals surface area (Å²) in [7, 11) is 0. The molecule has 144 valence electrons. The summed E-state index contributed by atoms with van der Waals surface area (Å²) in [4.78, 5) is 0. The Hall–Kier alpha value is -0.490. The Morgan fingerprint density at radius 3 is 1.60 bits per heavy atom. The lowest BCUT2D eigenvalue weighted by Gasteiger charge is -2.12. The smallest absolute Gasteiger partial charge is 0.0587 e. The Morgan fingerprint density at radius 2 is 1.12 bits per heavy atom. The van der Waals surface area contributed by atoms with Gasteiger partial charge in [-0.05, 0) is 24.5 Å². The topological polar surface area (TPSA) is 0 Å². The molecule has 0 heterocycles. The summed E-state index contributed by atoms with van der Waals surface area (Å²) >= 11 is 6.56. The van der Waals surface area contributed by atoms with Crippen LogP contribution in [0.15, 0.2) is 24.3 Å². The molecule has 0 radical (unpaired) electrons. The number of unbranched alkanes of at least 4 members (excludes halogenated alkanes) is 13. The van der Waals surface area contributed by atoms with Crippen molar-refractivity contribution in [2.75, 3.05) is 0 Å². The van der Waals surface area contributed by atoms with Gasteiger partial charge in [-0.2, -0.15) is 0 Å². The van der Waals surface area contributed by atoms with E-state index in [2.05, 4.69) is 38.1 Å². The first kappa shape index (κ1) is 22.6. The van der Waals surface area contributed by atoms with Gasteiger partial charge in [0.2, 0.25) is 0 Å². The minimum atomic E-state index is 0.193. The molecule has 1 aromatic rings. The molecule has 1 aromatic carbocycles. The lowest BCUT2D eigenvalue weighted by atomic mass is 10.0. The van der Waals surface area contributed by atoms with Crippen LogP contribution in [0.2, 0.25) is 0 Å². The Kier molecular flexibility index (Phi) is 14.2. The maximum Gasteiger partial charge on any atom is 0.0587 e. The molecule has 0 aliphatic carbocycles. The van der Waals surface area contributed by atoms with E-state index in [1.165, 1.54) is 101 Å². The highest BCUT2D eigenvalue weighted by atomic mass is 35.5. The number of hydrogen-bond acceptors (Lipinski definition) is 0. The van der Waals surface area contributed by atoms with Crippen molar-refractivity contribution in [1.29, 1.82) is 0 Å². The molecule has 0 N–H and O–H groups in total. The van der Waals surface area contributed by atoms with Gasteiger partial charge in [-0.25, -0.2) is 0 Å². The summed E-state index contributed by atoms with van der Waals surface area (Å²) in [5.74, 6) is 0. The molecule has 1 heteroatoms. The van der Waals surface area contributed by atoms with Gasteiger partial charge < -0.3 is 0 Å². The summed E-state index contributed by atoms with van der Waals surface area (Å²) in [5, 5.41) is 0.193. The quantitative estimate of drug-likeness (QED) is 0.202. The molecule has 0 saturated carbocycles. The molecule has 1 rings (SSSR count). The predicted octanol–water partition coefficient (Wildman–Crippen LogP) is 9.15. The van der Waals surface area contributed by atoms with Crippen molar-refractivity contribution in [3.8, 4) is 0 Å². The standard InChI is InChI=1S/C24H41Cl/c1-3-4-5-6-7-8-9-10-11-12-13-14-15-16-21-24(25)23-20-18-17-19-22(23)2/h17-20,24H,3-16,21H2,1-2H3. The van der Waals surface area contributed by atoms with E-state index in [1.54, 1.807) is 0 Å². The number of aryl methyl sites for hydroxylation is 1. The zero-order valence-corrected chi connectivity index (χ0v) is 17.6. The Bertz CT molecular complexity index is 412. The Balaban J connectivity index is 1.85. The minimum absolute atomic E-state index is 0.193. The van der Waals surface area contributed by atoms with Crippen molar-refractivity contribution in [3.63, 3.8) is 0 Å². The van der Waals surface area contributed by atoms with Gasteiger partial charge in [-0.15, -0.1) is 11.6 Å². The molecule has 1 atom stereocenters. The Labute approximate surface area is 162 Å². The van der Waals surface area contributed by atoms with Gasteiger partial charge in [0.05, 0.1) is 5.38 Å². The number of hydrogen-bond donors (Lipinski definition) is 0. The van der Waals surface area contributed by atoms with Crippen LogP contribution in [0.5, 0.6) is 0 Å². The Morgan fingerprint density at radius 1 is 0.680 bits per heavy atom. The first-order valence-electron chi connectivity index (χ1n) is 10.9. The second-order valence-corrected chi connectivity index (χ2v) is 8.24. The fourth-order valence-corrected chi connectivity index (χ4v) is 4.01. The molecule has 0 aliphatic heterocycles. The van der Waals surface area contributed by atoms with Crippen LogP contribution in [0.25, 0.3) is 0 Å². The van der Waals surface area contributed by atoms with Crippen LogP contribution in [0, 0.1) is 6.92 Å². The summed E-state index contributed by atoms with van der Waals surface area (Å²) in [5.41, 5.74) is 2.65. The number of halogens is 1. The van der Waals surface area contributed by atoms with E-state index in [-0.39, 0.29) is 5.38 Å². The summed E-state index contributed by atoms with van der Waals surface area (Å²) in [6.45, 7) is 4.45. The van der Waals surface area contributed by atoms with Crippen LogP contribution in [0.3, 0.4) is 0 Å². The summed E-state index contributed by atoms with van der Waals surface area (Å²) in [6, 6.07) is 8.53. The molecule has 0 nitrogen and oxygen atoms in total. The van der Waals surface area contributed by atoms with Gasteiger partial charge in [-0.3, -0.25) is 0 Å². The van der Waals surface area contributed by atoms with Gasteiger partial charge in [0.1, 0.15) is 0 Å². The molecule has 0 aromatic heterocycles. The van der Waals surface area contributed by atoms with Crippen LogP contribution in [-0.4, -0.2) is 0 Å². The van der Waals surface area contributed by atoms with E-state index in [0.717, 1.165) is 6.42 Å². The molecule has 0 fully saturated rings. The van der Waals surface area contributed by atoms with Crippen molar-refractivity contribution in [3.05, 3.63) is 35.4 Å². The first-order chi connectivity index (χ1) is 12.3. The molecule has 0 saturated heterocycles. The molecule has 25 heavy (non-hydrogen) atoms. The SMILES string of the molecule is CCCCCCCCCCCCCCCCC(Cl)c1ccccc1C. The van der Waals surface area contributed by atoms with Crippen LogP contribution < -0.4 is 0 Å². The van der Waals surface area contributed by atoms with Crippen LogP contribution in [0.4, 0.5) is 0 Å². The van der Waals surface area contributed by atoms with E-state index in [0.29, 0.717) is 0 Å². The number of rotatable bonds is 16. The molecule has 0 amide bonds. The largest absolute Gasteiger partial charge is 0.118 e. The number of alkyl halides is 1. The van der Waals surface area contributed by atoms with Crippen molar-refractivity contribution >= 4 is 11.6 Å². The third-order valence-electron chi connectivity index (χ3n) is 5.34. The fourth-order valence-electron chi connectivity index (χ4n) is 3.61. The monoisotopic (exact) mass is 364 g/mol. The van der Waals surface area contributed by atoms with Crippen LogP contribution >= 0.6 is 11.6 Å².